The van der Waals surface area contributed by atoms with Crippen LogP contribution in [0.2, 0.25) is 5.02 Å². The molecule has 0 spiro atoms. The van der Waals surface area contributed by atoms with E-state index >= 15 is 0 Å². The Balaban J connectivity index is 2.18. The zero-order valence-electron chi connectivity index (χ0n) is 11.2. The summed E-state index contributed by atoms with van der Waals surface area (Å²) in [6, 6.07) is 6.89. The second kappa shape index (κ2) is 6.72. The molecule has 2 aromatic carbocycles. The first kappa shape index (κ1) is 15.5. The predicted octanol–water partition coefficient (Wildman–Crippen LogP) is 4.77. The fourth-order valence-electron chi connectivity index (χ4n) is 1.83. The van der Waals surface area contributed by atoms with E-state index < -0.39 is 17.5 Å². The quantitative estimate of drug-likeness (QED) is 0.803. The van der Waals surface area contributed by atoms with Crippen LogP contribution in [0.25, 0.3) is 0 Å². The largest absolute Gasteiger partial charge is 0.492 e. The van der Waals surface area contributed by atoms with Gasteiger partial charge in [-0.15, -0.1) is 0 Å². The highest BCUT2D eigenvalue weighted by atomic mass is 35.5. The molecule has 0 aliphatic rings. The van der Waals surface area contributed by atoms with Gasteiger partial charge in [0, 0.05) is 11.6 Å². The van der Waals surface area contributed by atoms with Crippen LogP contribution in [0.15, 0.2) is 30.3 Å². The highest BCUT2D eigenvalue weighted by molar-refractivity contribution is 6.30. The van der Waals surface area contributed by atoms with Gasteiger partial charge in [-0.25, -0.2) is 13.2 Å². The second-order valence-corrected chi connectivity index (χ2v) is 4.74. The van der Waals surface area contributed by atoms with Crippen molar-refractivity contribution < 1.29 is 17.9 Å². The summed E-state index contributed by atoms with van der Waals surface area (Å²) in [6.45, 7) is 2.41. The fourth-order valence-corrected chi connectivity index (χ4v) is 2.00. The molecule has 0 bridgehead atoms. The molecule has 2 rings (SSSR count). The molecule has 0 radical (unpaired) electrons. The van der Waals surface area contributed by atoms with Crippen molar-refractivity contribution in [2.45, 2.75) is 13.5 Å². The molecular weight excluding hydrogens is 303 g/mol. The van der Waals surface area contributed by atoms with Crippen LogP contribution < -0.4 is 10.1 Å². The van der Waals surface area contributed by atoms with Crippen LogP contribution in [0, 0.1) is 17.5 Å². The van der Waals surface area contributed by atoms with Crippen LogP contribution in [0.4, 0.5) is 18.9 Å². The van der Waals surface area contributed by atoms with Crippen LogP contribution >= 0.6 is 11.6 Å². The Morgan fingerprint density at radius 2 is 1.76 bits per heavy atom. The van der Waals surface area contributed by atoms with Gasteiger partial charge in [-0.2, -0.15) is 0 Å². The number of ether oxygens (including phenoxy) is 1. The first-order chi connectivity index (χ1) is 10.0. The monoisotopic (exact) mass is 315 g/mol. The molecule has 0 saturated heterocycles. The molecule has 0 aromatic heterocycles. The summed E-state index contributed by atoms with van der Waals surface area (Å²) < 4.78 is 44.6. The Kier molecular flexibility index (Phi) is 4.96. The van der Waals surface area contributed by atoms with Gasteiger partial charge in [0.1, 0.15) is 5.75 Å². The number of hydrogen-bond acceptors (Lipinski definition) is 2. The molecule has 0 atom stereocenters. The standard InChI is InChI=1S/C15H13ClF3NO/c1-2-21-14-4-3-10(16)7-13(14)20-8-9-5-11(17)15(19)12(18)6-9/h3-7,20H,2,8H2,1H3. The van der Waals surface area contributed by atoms with E-state index in [0.29, 0.717) is 23.1 Å². The predicted molar refractivity (Wildman–Crippen MR) is 76.3 cm³/mol. The van der Waals surface area contributed by atoms with Crippen LogP contribution in [0.3, 0.4) is 0 Å². The third kappa shape index (κ3) is 3.82. The summed E-state index contributed by atoms with van der Waals surface area (Å²) in [7, 11) is 0. The van der Waals surface area contributed by atoms with Crippen molar-refractivity contribution >= 4 is 17.3 Å². The molecule has 112 valence electrons. The van der Waals surface area contributed by atoms with Gasteiger partial charge in [0.15, 0.2) is 17.5 Å². The van der Waals surface area contributed by atoms with E-state index in [9.17, 15) is 13.2 Å². The minimum Gasteiger partial charge on any atom is -0.492 e. The van der Waals surface area contributed by atoms with Crippen LogP contribution in [0.1, 0.15) is 12.5 Å². The zero-order valence-corrected chi connectivity index (χ0v) is 12.0. The van der Waals surface area contributed by atoms with Crippen molar-refractivity contribution in [3.8, 4) is 5.75 Å². The topological polar surface area (TPSA) is 21.3 Å². The Morgan fingerprint density at radius 1 is 1.10 bits per heavy atom. The minimum absolute atomic E-state index is 0.106. The van der Waals surface area contributed by atoms with E-state index in [1.54, 1.807) is 18.2 Å². The van der Waals surface area contributed by atoms with Crippen molar-refractivity contribution in [3.63, 3.8) is 0 Å². The highest BCUT2D eigenvalue weighted by Crippen LogP contribution is 2.28. The lowest BCUT2D eigenvalue weighted by Gasteiger charge is -2.13. The molecule has 0 aliphatic heterocycles. The van der Waals surface area contributed by atoms with E-state index in [1.807, 2.05) is 6.92 Å². The number of nitrogens with one attached hydrogen (secondary N) is 1. The van der Waals surface area contributed by atoms with Crippen molar-refractivity contribution in [3.05, 3.63) is 58.4 Å². The molecule has 0 aliphatic carbocycles. The molecular formula is C15H13ClF3NO. The molecule has 1 N–H and O–H groups in total. The number of benzene rings is 2. The van der Waals surface area contributed by atoms with Gasteiger partial charge in [0.05, 0.1) is 12.3 Å². The average molecular weight is 316 g/mol. The van der Waals surface area contributed by atoms with Gasteiger partial charge < -0.3 is 10.1 Å². The summed E-state index contributed by atoms with van der Waals surface area (Å²) in [4.78, 5) is 0. The van der Waals surface area contributed by atoms with Crippen molar-refractivity contribution in [1.82, 2.24) is 0 Å². The van der Waals surface area contributed by atoms with Crippen molar-refractivity contribution in [2.24, 2.45) is 0 Å². The molecule has 0 saturated carbocycles. The number of anilines is 1. The van der Waals surface area contributed by atoms with E-state index in [0.717, 1.165) is 12.1 Å². The van der Waals surface area contributed by atoms with Gasteiger partial charge in [-0.3, -0.25) is 0 Å². The zero-order chi connectivity index (χ0) is 15.4. The van der Waals surface area contributed by atoms with Gasteiger partial charge in [0.2, 0.25) is 0 Å². The molecule has 0 amide bonds. The first-order valence-electron chi connectivity index (χ1n) is 6.31. The van der Waals surface area contributed by atoms with Crippen LogP contribution in [-0.4, -0.2) is 6.61 Å². The summed E-state index contributed by atoms with van der Waals surface area (Å²) in [6.07, 6.45) is 0. The second-order valence-electron chi connectivity index (χ2n) is 4.30. The molecule has 2 aromatic rings. The SMILES string of the molecule is CCOc1ccc(Cl)cc1NCc1cc(F)c(F)c(F)c1. The van der Waals surface area contributed by atoms with Crippen molar-refractivity contribution in [1.29, 1.82) is 0 Å². The van der Waals surface area contributed by atoms with Gasteiger partial charge in [-0.1, -0.05) is 11.6 Å². The van der Waals surface area contributed by atoms with E-state index in [1.165, 1.54) is 0 Å². The Bertz CT molecular complexity index is 626. The molecule has 0 fully saturated rings. The Hall–Kier alpha value is -1.88. The van der Waals surface area contributed by atoms with Gasteiger partial charge in [0.25, 0.3) is 0 Å². The van der Waals surface area contributed by atoms with E-state index in [4.69, 9.17) is 16.3 Å². The molecule has 2 nitrogen and oxygen atoms in total. The third-order valence-corrected chi connectivity index (χ3v) is 3.00. The summed E-state index contributed by atoms with van der Waals surface area (Å²) in [5, 5.41) is 3.46. The lowest BCUT2D eigenvalue weighted by atomic mass is 10.2. The van der Waals surface area contributed by atoms with Crippen molar-refractivity contribution in [2.75, 3.05) is 11.9 Å². The maximum atomic E-state index is 13.1. The molecule has 0 heterocycles. The maximum absolute atomic E-state index is 13.1. The van der Waals surface area contributed by atoms with E-state index in [2.05, 4.69) is 5.32 Å². The number of rotatable bonds is 5. The minimum atomic E-state index is -1.48. The molecule has 0 unspecified atom stereocenters. The van der Waals surface area contributed by atoms with Gasteiger partial charge >= 0.3 is 0 Å². The first-order valence-corrected chi connectivity index (χ1v) is 6.68. The summed E-state index contributed by atoms with van der Waals surface area (Å²) >= 11 is 5.90. The maximum Gasteiger partial charge on any atom is 0.194 e. The van der Waals surface area contributed by atoms with Crippen LogP contribution in [0.5, 0.6) is 5.75 Å². The third-order valence-electron chi connectivity index (χ3n) is 2.77. The Labute approximate surface area is 125 Å². The van der Waals surface area contributed by atoms with E-state index in [-0.39, 0.29) is 12.1 Å². The lowest BCUT2D eigenvalue weighted by Crippen LogP contribution is -2.04. The van der Waals surface area contributed by atoms with Crippen LogP contribution in [-0.2, 0) is 6.54 Å². The molecule has 6 heteroatoms. The molecule has 21 heavy (non-hydrogen) atoms. The summed E-state index contributed by atoms with van der Waals surface area (Å²) in [5.74, 6) is -3.34. The lowest BCUT2D eigenvalue weighted by molar-refractivity contribution is 0.341. The Morgan fingerprint density at radius 3 is 2.38 bits per heavy atom. The number of hydrogen-bond donors (Lipinski definition) is 1. The normalized spacial score (nSPS) is 10.5. The average Bonchev–Trinajstić information content (AvgIpc) is 2.45. The summed E-state index contributed by atoms with van der Waals surface area (Å²) in [5.41, 5.74) is 0.864. The smallest absolute Gasteiger partial charge is 0.194 e. The van der Waals surface area contributed by atoms with Gasteiger partial charge in [-0.05, 0) is 42.8 Å². The fraction of sp³-hybridized carbons (Fsp3) is 0.200. The number of halogens is 4. The highest BCUT2D eigenvalue weighted by Gasteiger charge is 2.11.